The number of benzene rings is 1. The fourth-order valence-electron chi connectivity index (χ4n) is 5.83. The third-order valence-electron chi connectivity index (χ3n) is 8.13. The number of anilines is 2. The van der Waals surface area contributed by atoms with E-state index < -0.39 is 13.0 Å². The van der Waals surface area contributed by atoms with Crippen molar-refractivity contribution in [1.29, 1.82) is 5.26 Å². The molecular formula is C33H30F2N12. The average molecular weight is 633 g/mol. The fraction of sp³-hybridized carbons (Fsp3) is 0.242. The van der Waals surface area contributed by atoms with Crippen LogP contribution in [0.5, 0.6) is 0 Å². The maximum absolute atomic E-state index is 12.9. The highest BCUT2D eigenvalue weighted by atomic mass is 19.3. The van der Waals surface area contributed by atoms with E-state index in [1.54, 1.807) is 30.7 Å². The van der Waals surface area contributed by atoms with E-state index in [9.17, 15) is 8.78 Å². The van der Waals surface area contributed by atoms with Crippen molar-refractivity contribution in [2.24, 2.45) is 0 Å². The van der Waals surface area contributed by atoms with Crippen LogP contribution in [0.4, 0.5) is 20.4 Å². The zero-order valence-corrected chi connectivity index (χ0v) is 25.2. The number of nitrogens with one attached hydrogen (secondary N) is 1. The standard InChI is InChI=1S/C33H30F2N12/c34-28(35)20-46-19-22(17-40-46)26-7-8-27-33(42-26)47(32(43-27)25-2-1-12-39-31(25)37)24-5-3-21(4-6-24)18-45-14-10-23(11-15-45)41-29-9-13-38-30(16-36)44-29/h1-9,12-13,17,19,23,28H,10-11,14-15,18,20H2,(H2,37,39)(H,38,41,44). The molecule has 14 heteroatoms. The summed E-state index contributed by atoms with van der Waals surface area (Å²) < 4.78 is 29.0. The van der Waals surface area contributed by atoms with Gasteiger partial charge >= 0.3 is 0 Å². The van der Waals surface area contributed by atoms with Crippen LogP contribution in [-0.2, 0) is 13.1 Å². The number of pyridine rings is 2. The lowest BCUT2D eigenvalue weighted by atomic mass is 10.0. The van der Waals surface area contributed by atoms with Crippen molar-refractivity contribution in [2.75, 3.05) is 24.1 Å². The van der Waals surface area contributed by atoms with E-state index >= 15 is 0 Å². The summed E-state index contributed by atoms with van der Waals surface area (Å²) in [4.78, 5) is 24.7. The van der Waals surface area contributed by atoms with Gasteiger partial charge in [-0.2, -0.15) is 10.4 Å². The predicted octanol–water partition coefficient (Wildman–Crippen LogP) is 4.93. The number of rotatable bonds is 9. The van der Waals surface area contributed by atoms with E-state index in [0.29, 0.717) is 45.4 Å². The number of alkyl halides is 2. The molecule has 3 N–H and O–H groups in total. The van der Waals surface area contributed by atoms with Crippen molar-refractivity contribution in [1.82, 2.24) is 44.2 Å². The lowest BCUT2D eigenvalue weighted by Gasteiger charge is -2.32. The number of likely N-dealkylation sites (tertiary alicyclic amines) is 1. The van der Waals surface area contributed by atoms with Crippen molar-refractivity contribution in [3.05, 3.63) is 90.8 Å². The second-order valence-corrected chi connectivity index (χ2v) is 11.3. The van der Waals surface area contributed by atoms with E-state index in [1.165, 1.54) is 16.4 Å². The molecule has 5 aromatic heterocycles. The molecule has 6 heterocycles. The zero-order valence-electron chi connectivity index (χ0n) is 25.2. The SMILES string of the molecule is N#Cc1nccc(NC2CCN(Cc3ccc(-n4c(-c5cccnc5N)nc5ccc(-c6cnn(CC(F)F)c6)nc54)cc3)CC2)n1. The Kier molecular flexibility index (Phi) is 8.20. The molecule has 0 saturated carbocycles. The van der Waals surface area contributed by atoms with Gasteiger partial charge in [-0.15, -0.1) is 0 Å². The van der Waals surface area contributed by atoms with Crippen LogP contribution in [0.15, 0.2) is 79.4 Å². The molecule has 0 atom stereocenters. The van der Waals surface area contributed by atoms with Crippen LogP contribution in [0, 0.1) is 11.3 Å². The largest absolute Gasteiger partial charge is 0.383 e. The summed E-state index contributed by atoms with van der Waals surface area (Å²) in [5.41, 5.74) is 11.4. The molecule has 1 aromatic carbocycles. The van der Waals surface area contributed by atoms with E-state index in [-0.39, 0.29) is 11.9 Å². The highest BCUT2D eigenvalue weighted by Crippen LogP contribution is 2.32. The first-order chi connectivity index (χ1) is 22.9. The Balaban J connectivity index is 1.13. The summed E-state index contributed by atoms with van der Waals surface area (Å²) in [6, 6.07) is 19.7. The Morgan fingerprint density at radius 1 is 0.979 bits per heavy atom. The topological polar surface area (TPSA) is 152 Å². The summed E-state index contributed by atoms with van der Waals surface area (Å²) >= 11 is 0. The number of hydrogen-bond acceptors (Lipinski definition) is 10. The third kappa shape index (κ3) is 6.47. The third-order valence-corrected chi connectivity index (χ3v) is 8.13. The first kappa shape index (κ1) is 29.9. The molecule has 12 nitrogen and oxygen atoms in total. The van der Waals surface area contributed by atoms with Gasteiger partial charge in [-0.25, -0.2) is 33.7 Å². The first-order valence-electron chi connectivity index (χ1n) is 15.2. The average Bonchev–Trinajstić information content (AvgIpc) is 3.70. The monoisotopic (exact) mass is 632 g/mol. The van der Waals surface area contributed by atoms with Gasteiger partial charge in [0.2, 0.25) is 5.82 Å². The number of nitrogens with zero attached hydrogens (tertiary/aromatic N) is 10. The molecule has 236 valence electrons. The molecule has 0 amide bonds. The second-order valence-electron chi connectivity index (χ2n) is 11.3. The molecule has 1 saturated heterocycles. The molecule has 1 aliphatic rings. The molecule has 0 radical (unpaired) electrons. The van der Waals surface area contributed by atoms with Crippen LogP contribution >= 0.6 is 0 Å². The number of piperidine rings is 1. The molecule has 0 bridgehead atoms. The summed E-state index contributed by atoms with van der Waals surface area (Å²) in [6.45, 7) is 2.16. The summed E-state index contributed by atoms with van der Waals surface area (Å²) in [5.74, 6) is 1.77. The van der Waals surface area contributed by atoms with Crippen LogP contribution < -0.4 is 11.1 Å². The summed E-state index contributed by atoms with van der Waals surface area (Å²) in [7, 11) is 0. The van der Waals surface area contributed by atoms with E-state index in [1.807, 2.05) is 41.0 Å². The summed E-state index contributed by atoms with van der Waals surface area (Å²) in [5, 5.41) is 16.6. The molecular weight excluding hydrogens is 602 g/mol. The Bertz CT molecular complexity index is 2060. The van der Waals surface area contributed by atoms with Gasteiger partial charge in [-0.3, -0.25) is 14.1 Å². The number of hydrogen-bond donors (Lipinski definition) is 2. The minimum atomic E-state index is -2.51. The minimum Gasteiger partial charge on any atom is -0.383 e. The lowest BCUT2D eigenvalue weighted by molar-refractivity contribution is 0.122. The van der Waals surface area contributed by atoms with Crippen molar-refractivity contribution in [3.8, 4) is 34.4 Å². The Labute approximate surface area is 268 Å². The minimum absolute atomic E-state index is 0.159. The van der Waals surface area contributed by atoms with Gasteiger partial charge in [-0.1, -0.05) is 12.1 Å². The second kappa shape index (κ2) is 12.9. The van der Waals surface area contributed by atoms with Crippen LogP contribution in [0.2, 0.25) is 0 Å². The number of nitriles is 1. The zero-order chi connectivity index (χ0) is 32.3. The van der Waals surface area contributed by atoms with E-state index in [2.05, 4.69) is 42.4 Å². The molecule has 6 aromatic rings. The smallest absolute Gasteiger partial charge is 0.257 e. The van der Waals surface area contributed by atoms with E-state index in [0.717, 1.165) is 38.2 Å². The Morgan fingerprint density at radius 3 is 2.57 bits per heavy atom. The predicted molar refractivity (Wildman–Crippen MR) is 172 cm³/mol. The molecule has 7 rings (SSSR count). The van der Waals surface area contributed by atoms with Gasteiger partial charge in [0.1, 0.15) is 29.8 Å². The maximum atomic E-state index is 12.9. The molecule has 47 heavy (non-hydrogen) atoms. The normalized spacial score (nSPS) is 14.1. The lowest BCUT2D eigenvalue weighted by Crippen LogP contribution is -2.38. The summed E-state index contributed by atoms with van der Waals surface area (Å²) in [6.07, 6.45) is 5.73. The van der Waals surface area contributed by atoms with Crippen LogP contribution in [-0.4, -0.2) is 69.7 Å². The Morgan fingerprint density at radius 2 is 1.81 bits per heavy atom. The number of imidazole rings is 1. The number of fused-ring (bicyclic) bond motifs is 1. The quantitative estimate of drug-likeness (QED) is 0.224. The molecule has 0 aliphatic carbocycles. The first-order valence-corrected chi connectivity index (χ1v) is 15.2. The van der Waals surface area contributed by atoms with Gasteiger partial charge in [-0.05, 0) is 60.9 Å². The van der Waals surface area contributed by atoms with Crippen molar-refractivity contribution >= 4 is 22.8 Å². The number of halogens is 2. The Hall–Kier alpha value is -5.81. The molecule has 0 spiro atoms. The van der Waals surface area contributed by atoms with Gasteiger partial charge in [0.05, 0.1) is 17.5 Å². The molecule has 0 unspecified atom stereocenters. The number of aromatic nitrogens is 8. The number of nitrogens with two attached hydrogens (primary N) is 1. The molecule has 1 aliphatic heterocycles. The highest BCUT2D eigenvalue weighted by Gasteiger charge is 2.21. The van der Waals surface area contributed by atoms with Crippen LogP contribution in [0.25, 0.3) is 39.5 Å². The van der Waals surface area contributed by atoms with Gasteiger partial charge in [0.15, 0.2) is 11.5 Å². The maximum Gasteiger partial charge on any atom is 0.257 e. The number of nitrogen functional groups attached to an aromatic ring is 1. The van der Waals surface area contributed by atoms with Crippen molar-refractivity contribution in [2.45, 2.75) is 38.4 Å². The highest BCUT2D eigenvalue weighted by molar-refractivity contribution is 5.84. The molecule has 1 fully saturated rings. The van der Waals surface area contributed by atoms with Gasteiger partial charge in [0.25, 0.3) is 6.43 Å². The van der Waals surface area contributed by atoms with Crippen LogP contribution in [0.3, 0.4) is 0 Å². The van der Waals surface area contributed by atoms with Crippen LogP contribution in [0.1, 0.15) is 24.2 Å². The van der Waals surface area contributed by atoms with Gasteiger partial charge < -0.3 is 11.1 Å². The fourth-order valence-corrected chi connectivity index (χ4v) is 5.83. The van der Waals surface area contributed by atoms with Crippen molar-refractivity contribution < 1.29 is 8.78 Å². The van der Waals surface area contributed by atoms with E-state index in [4.69, 9.17) is 21.0 Å². The van der Waals surface area contributed by atoms with Gasteiger partial charge in [0, 0.05) is 55.5 Å². The van der Waals surface area contributed by atoms with Crippen molar-refractivity contribution in [3.63, 3.8) is 0 Å².